The first-order chi connectivity index (χ1) is 13.4. The average Bonchev–Trinajstić information content (AvgIpc) is 2.71. The molecule has 0 saturated carbocycles. The first-order valence-corrected chi connectivity index (χ1v) is 9.20. The van der Waals surface area contributed by atoms with E-state index in [-0.39, 0.29) is 17.9 Å². The molecule has 0 spiro atoms. The van der Waals surface area contributed by atoms with Gasteiger partial charge in [0.1, 0.15) is 5.75 Å². The highest BCUT2D eigenvalue weighted by Crippen LogP contribution is 2.40. The molecule has 1 atom stereocenters. The number of ether oxygens (including phenoxy) is 4. The Kier molecular flexibility index (Phi) is 9.56. The third kappa shape index (κ3) is 6.16. The molecule has 0 aliphatic rings. The SMILES string of the molecule is COc1ccccc1C(O)CNC(C)(C)Cc1ccc(OC)c(OC)c1OC.Cl. The number of halogens is 1. The van der Waals surface area contributed by atoms with E-state index in [4.69, 9.17) is 18.9 Å². The molecule has 0 aromatic heterocycles. The van der Waals surface area contributed by atoms with E-state index in [1.54, 1.807) is 28.4 Å². The second kappa shape index (κ2) is 11.1. The van der Waals surface area contributed by atoms with Crippen molar-refractivity contribution < 1.29 is 24.1 Å². The maximum absolute atomic E-state index is 10.6. The molecule has 0 aliphatic heterocycles. The summed E-state index contributed by atoms with van der Waals surface area (Å²) in [4.78, 5) is 0. The third-order valence-electron chi connectivity index (χ3n) is 4.69. The van der Waals surface area contributed by atoms with Gasteiger partial charge in [-0.3, -0.25) is 0 Å². The molecule has 2 rings (SSSR count). The Morgan fingerprint density at radius 2 is 1.48 bits per heavy atom. The number of aliphatic hydroxyl groups excluding tert-OH is 1. The fourth-order valence-corrected chi connectivity index (χ4v) is 3.27. The second-order valence-corrected chi connectivity index (χ2v) is 7.19. The fraction of sp³-hybridized carbons (Fsp3) is 0.455. The van der Waals surface area contributed by atoms with Crippen LogP contribution in [0.2, 0.25) is 0 Å². The summed E-state index contributed by atoms with van der Waals surface area (Å²) in [7, 11) is 6.41. The van der Waals surface area contributed by atoms with E-state index >= 15 is 0 Å². The van der Waals surface area contributed by atoms with Gasteiger partial charge in [0.15, 0.2) is 11.5 Å². The number of rotatable bonds is 10. The number of β-amino-alcohol motifs (C(OH)–C–C–N with tert-alkyl or cyclic N) is 1. The average molecular weight is 426 g/mol. The molecule has 2 aromatic rings. The highest BCUT2D eigenvalue weighted by atomic mass is 35.5. The number of para-hydroxylation sites is 1. The van der Waals surface area contributed by atoms with Crippen LogP contribution in [-0.4, -0.2) is 45.6 Å². The van der Waals surface area contributed by atoms with Gasteiger partial charge in [0.05, 0.1) is 34.5 Å². The summed E-state index contributed by atoms with van der Waals surface area (Å²) in [6, 6.07) is 11.3. The Labute approximate surface area is 179 Å². The molecule has 1 unspecified atom stereocenters. The zero-order valence-corrected chi connectivity index (χ0v) is 18.8. The molecule has 0 heterocycles. The molecule has 7 heteroatoms. The highest BCUT2D eigenvalue weighted by molar-refractivity contribution is 5.85. The van der Waals surface area contributed by atoms with Crippen LogP contribution in [0.15, 0.2) is 36.4 Å². The Morgan fingerprint density at radius 1 is 0.862 bits per heavy atom. The Balaban J connectivity index is 0.00000420. The molecule has 0 amide bonds. The van der Waals surface area contributed by atoms with Crippen LogP contribution in [0.4, 0.5) is 0 Å². The molecule has 0 saturated heterocycles. The summed E-state index contributed by atoms with van der Waals surface area (Å²) in [5, 5.41) is 14.1. The van der Waals surface area contributed by atoms with E-state index < -0.39 is 6.10 Å². The van der Waals surface area contributed by atoms with E-state index in [0.29, 0.717) is 36.0 Å². The van der Waals surface area contributed by atoms with Crippen LogP contribution in [0.1, 0.15) is 31.1 Å². The monoisotopic (exact) mass is 425 g/mol. The minimum absolute atomic E-state index is 0. The lowest BCUT2D eigenvalue weighted by atomic mass is 9.93. The summed E-state index contributed by atoms with van der Waals surface area (Å²) in [6.07, 6.45) is -0.00227. The van der Waals surface area contributed by atoms with Crippen molar-refractivity contribution >= 4 is 12.4 Å². The summed E-state index contributed by atoms with van der Waals surface area (Å²) in [5.41, 5.74) is 1.46. The standard InChI is InChI=1S/C22H31NO5.ClH/c1-22(2,23-14-17(24)16-9-7-8-10-18(16)25-3)13-15-11-12-19(26-4)21(28-6)20(15)27-5;/h7-12,17,23-24H,13-14H2,1-6H3;1H. The summed E-state index contributed by atoms with van der Waals surface area (Å²) in [5.74, 6) is 2.53. The molecular weight excluding hydrogens is 394 g/mol. The van der Waals surface area contributed by atoms with Gasteiger partial charge in [-0.25, -0.2) is 0 Å². The van der Waals surface area contributed by atoms with E-state index in [1.165, 1.54) is 0 Å². The summed E-state index contributed by atoms with van der Waals surface area (Å²) < 4.78 is 21.7. The quantitative estimate of drug-likeness (QED) is 0.603. The van der Waals surface area contributed by atoms with Gasteiger partial charge < -0.3 is 29.4 Å². The van der Waals surface area contributed by atoms with E-state index in [9.17, 15) is 5.11 Å². The minimum Gasteiger partial charge on any atom is -0.496 e. The number of methoxy groups -OCH3 is 4. The maximum atomic E-state index is 10.6. The normalized spacial score (nSPS) is 12.0. The Bertz CT molecular complexity index is 782. The summed E-state index contributed by atoms with van der Waals surface area (Å²) in [6.45, 7) is 4.55. The molecule has 162 valence electrons. The molecule has 29 heavy (non-hydrogen) atoms. The van der Waals surface area contributed by atoms with E-state index in [0.717, 1.165) is 11.1 Å². The summed E-state index contributed by atoms with van der Waals surface area (Å²) >= 11 is 0. The lowest BCUT2D eigenvalue weighted by Gasteiger charge is -2.29. The van der Waals surface area contributed by atoms with Crippen molar-refractivity contribution in [2.75, 3.05) is 35.0 Å². The van der Waals surface area contributed by atoms with Gasteiger partial charge in [0.25, 0.3) is 0 Å². The number of hydrogen-bond acceptors (Lipinski definition) is 6. The van der Waals surface area contributed by atoms with E-state index in [1.807, 2.05) is 36.4 Å². The lowest BCUT2D eigenvalue weighted by Crippen LogP contribution is -2.43. The first kappa shape index (κ1) is 24.9. The number of aliphatic hydroxyl groups is 1. The third-order valence-corrected chi connectivity index (χ3v) is 4.69. The second-order valence-electron chi connectivity index (χ2n) is 7.19. The van der Waals surface area contributed by atoms with Crippen molar-refractivity contribution in [3.8, 4) is 23.0 Å². The van der Waals surface area contributed by atoms with Crippen molar-refractivity contribution in [1.82, 2.24) is 5.32 Å². The predicted molar refractivity (Wildman–Crippen MR) is 117 cm³/mol. The first-order valence-electron chi connectivity index (χ1n) is 9.20. The molecular formula is C22H32ClNO5. The molecule has 0 radical (unpaired) electrons. The zero-order valence-electron chi connectivity index (χ0n) is 17.9. The Hall–Kier alpha value is -2.15. The van der Waals surface area contributed by atoms with Gasteiger partial charge in [0, 0.05) is 23.2 Å². The van der Waals surface area contributed by atoms with Crippen LogP contribution in [0.3, 0.4) is 0 Å². The zero-order chi connectivity index (χ0) is 20.7. The highest BCUT2D eigenvalue weighted by Gasteiger charge is 2.25. The van der Waals surface area contributed by atoms with Crippen LogP contribution in [0.25, 0.3) is 0 Å². The van der Waals surface area contributed by atoms with Crippen molar-refractivity contribution in [3.05, 3.63) is 47.5 Å². The van der Waals surface area contributed by atoms with Gasteiger partial charge in [-0.15, -0.1) is 12.4 Å². The lowest BCUT2D eigenvalue weighted by molar-refractivity contribution is 0.157. The molecule has 2 aromatic carbocycles. The van der Waals surface area contributed by atoms with Crippen molar-refractivity contribution in [2.45, 2.75) is 31.9 Å². The fourth-order valence-electron chi connectivity index (χ4n) is 3.27. The Morgan fingerprint density at radius 3 is 2.07 bits per heavy atom. The molecule has 0 aliphatic carbocycles. The smallest absolute Gasteiger partial charge is 0.203 e. The van der Waals surface area contributed by atoms with Crippen LogP contribution in [-0.2, 0) is 6.42 Å². The number of benzene rings is 2. The van der Waals surface area contributed by atoms with Crippen LogP contribution in [0.5, 0.6) is 23.0 Å². The van der Waals surface area contributed by atoms with Gasteiger partial charge >= 0.3 is 0 Å². The molecule has 2 N–H and O–H groups in total. The molecule has 0 bridgehead atoms. The van der Waals surface area contributed by atoms with Crippen LogP contribution < -0.4 is 24.3 Å². The van der Waals surface area contributed by atoms with Gasteiger partial charge in [-0.1, -0.05) is 24.3 Å². The van der Waals surface area contributed by atoms with Crippen LogP contribution >= 0.6 is 12.4 Å². The van der Waals surface area contributed by atoms with Crippen LogP contribution in [0, 0.1) is 0 Å². The number of nitrogens with one attached hydrogen (secondary N) is 1. The number of hydrogen-bond donors (Lipinski definition) is 2. The largest absolute Gasteiger partial charge is 0.496 e. The van der Waals surface area contributed by atoms with Gasteiger partial charge in [-0.2, -0.15) is 0 Å². The van der Waals surface area contributed by atoms with E-state index in [2.05, 4.69) is 19.2 Å². The predicted octanol–water partition coefficient (Wildman–Crippen LogP) is 3.79. The maximum Gasteiger partial charge on any atom is 0.203 e. The van der Waals surface area contributed by atoms with Crippen molar-refractivity contribution in [3.63, 3.8) is 0 Å². The molecule has 0 fully saturated rings. The minimum atomic E-state index is -0.678. The van der Waals surface area contributed by atoms with Crippen molar-refractivity contribution in [1.29, 1.82) is 0 Å². The van der Waals surface area contributed by atoms with Gasteiger partial charge in [0.2, 0.25) is 5.75 Å². The molecule has 6 nitrogen and oxygen atoms in total. The topological polar surface area (TPSA) is 69.2 Å². The van der Waals surface area contributed by atoms with Crippen molar-refractivity contribution in [2.24, 2.45) is 0 Å². The van der Waals surface area contributed by atoms with Gasteiger partial charge in [-0.05, 0) is 32.4 Å².